The molecule has 0 aliphatic heterocycles. The topological polar surface area (TPSA) is 72.3 Å². The van der Waals surface area contributed by atoms with Crippen molar-refractivity contribution in [3.63, 3.8) is 0 Å². The van der Waals surface area contributed by atoms with Gasteiger partial charge in [0.1, 0.15) is 0 Å². The van der Waals surface area contributed by atoms with Crippen LogP contribution in [0.25, 0.3) is 0 Å². The lowest BCUT2D eigenvalue weighted by atomic mass is 10.0. The summed E-state index contributed by atoms with van der Waals surface area (Å²) in [5.41, 5.74) is 12.5. The van der Waals surface area contributed by atoms with E-state index in [4.69, 9.17) is 11.5 Å². The Labute approximate surface area is 103 Å². The second-order valence-electron chi connectivity index (χ2n) is 4.31. The summed E-state index contributed by atoms with van der Waals surface area (Å²) in [6.45, 7) is 2.38. The van der Waals surface area contributed by atoms with Crippen LogP contribution in [-0.2, 0) is 4.79 Å². The molecule has 0 spiro atoms. The average Bonchev–Trinajstić information content (AvgIpc) is 2.37. The lowest BCUT2D eigenvalue weighted by Crippen LogP contribution is -2.40. The highest BCUT2D eigenvalue weighted by Crippen LogP contribution is 2.14. The van der Waals surface area contributed by atoms with Crippen LogP contribution in [0.15, 0.2) is 30.3 Å². The van der Waals surface area contributed by atoms with Crippen LogP contribution < -0.4 is 11.5 Å². The fourth-order valence-corrected chi connectivity index (χ4v) is 1.55. The number of rotatable bonds is 5. The van der Waals surface area contributed by atoms with E-state index in [1.807, 2.05) is 37.3 Å². The zero-order valence-electron chi connectivity index (χ0n) is 10.5. The second kappa shape index (κ2) is 6.37. The van der Waals surface area contributed by atoms with Gasteiger partial charge in [0, 0.05) is 32.1 Å². The first-order valence-electron chi connectivity index (χ1n) is 5.82. The number of nitrogens with zero attached hydrogens (tertiary/aromatic N) is 1. The minimum Gasteiger partial charge on any atom is -0.342 e. The van der Waals surface area contributed by atoms with Gasteiger partial charge in [-0.3, -0.25) is 4.79 Å². The van der Waals surface area contributed by atoms with E-state index in [-0.39, 0.29) is 18.0 Å². The number of amides is 1. The van der Waals surface area contributed by atoms with Crippen molar-refractivity contribution in [2.45, 2.75) is 25.4 Å². The normalized spacial score (nSPS) is 14.1. The van der Waals surface area contributed by atoms with Gasteiger partial charge in [-0.1, -0.05) is 30.3 Å². The van der Waals surface area contributed by atoms with Gasteiger partial charge in [0.2, 0.25) is 5.91 Å². The molecule has 1 aromatic carbocycles. The molecule has 0 radical (unpaired) electrons. The summed E-state index contributed by atoms with van der Waals surface area (Å²) in [5.74, 6) is 0.0271. The number of hydrogen-bond donors (Lipinski definition) is 2. The highest BCUT2D eigenvalue weighted by molar-refractivity contribution is 5.77. The molecule has 0 saturated carbocycles. The van der Waals surface area contributed by atoms with E-state index >= 15 is 0 Å². The molecule has 1 aromatic rings. The van der Waals surface area contributed by atoms with E-state index in [1.165, 1.54) is 0 Å². The second-order valence-corrected chi connectivity index (χ2v) is 4.31. The molecule has 4 nitrogen and oxygen atoms in total. The van der Waals surface area contributed by atoms with Crippen LogP contribution in [0.5, 0.6) is 0 Å². The molecule has 0 heterocycles. The third-order valence-electron chi connectivity index (χ3n) is 3.02. The smallest absolute Gasteiger partial charge is 0.224 e. The van der Waals surface area contributed by atoms with Crippen LogP contribution in [0, 0.1) is 0 Å². The van der Waals surface area contributed by atoms with Gasteiger partial charge in [0.05, 0.1) is 0 Å². The van der Waals surface area contributed by atoms with Gasteiger partial charge in [-0.05, 0) is 12.5 Å². The average molecular weight is 235 g/mol. The van der Waals surface area contributed by atoms with Gasteiger partial charge in [0.25, 0.3) is 0 Å². The van der Waals surface area contributed by atoms with E-state index in [2.05, 4.69) is 0 Å². The molecule has 17 heavy (non-hydrogen) atoms. The Balaban J connectivity index is 2.57. The highest BCUT2D eigenvalue weighted by Gasteiger charge is 2.18. The van der Waals surface area contributed by atoms with Crippen molar-refractivity contribution < 1.29 is 4.79 Å². The first-order valence-corrected chi connectivity index (χ1v) is 5.82. The van der Waals surface area contributed by atoms with Gasteiger partial charge in [-0.25, -0.2) is 0 Å². The summed E-state index contributed by atoms with van der Waals surface area (Å²) in [5, 5.41) is 0. The maximum Gasteiger partial charge on any atom is 0.224 e. The molecule has 2 atom stereocenters. The number of hydrogen-bond acceptors (Lipinski definition) is 3. The van der Waals surface area contributed by atoms with Gasteiger partial charge in [-0.2, -0.15) is 0 Å². The van der Waals surface area contributed by atoms with Crippen LogP contribution in [0.1, 0.15) is 24.9 Å². The molecule has 94 valence electrons. The van der Waals surface area contributed by atoms with Gasteiger partial charge >= 0.3 is 0 Å². The summed E-state index contributed by atoms with van der Waals surface area (Å²) >= 11 is 0. The maximum absolute atomic E-state index is 11.9. The lowest BCUT2D eigenvalue weighted by molar-refractivity contribution is -0.131. The Morgan fingerprint density at radius 1 is 1.35 bits per heavy atom. The number of benzene rings is 1. The molecule has 0 aliphatic rings. The maximum atomic E-state index is 11.9. The molecule has 1 amide bonds. The van der Waals surface area contributed by atoms with E-state index in [0.717, 1.165) is 5.56 Å². The fourth-order valence-electron chi connectivity index (χ4n) is 1.55. The predicted octanol–water partition coefficient (Wildman–Crippen LogP) is 0.882. The highest BCUT2D eigenvalue weighted by atomic mass is 16.2. The molecule has 0 bridgehead atoms. The predicted molar refractivity (Wildman–Crippen MR) is 69.3 cm³/mol. The lowest BCUT2D eigenvalue weighted by Gasteiger charge is -2.25. The van der Waals surface area contributed by atoms with Gasteiger partial charge < -0.3 is 16.4 Å². The third-order valence-corrected chi connectivity index (χ3v) is 3.02. The van der Waals surface area contributed by atoms with Crippen LogP contribution in [0.2, 0.25) is 0 Å². The van der Waals surface area contributed by atoms with Gasteiger partial charge in [-0.15, -0.1) is 0 Å². The van der Waals surface area contributed by atoms with Crippen molar-refractivity contribution >= 4 is 5.91 Å². The molecule has 0 aliphatic carbocycles. The Morgan fingerprint density at radius 2 is 1.94 bits per heavy atom. The number of likely N-dealkylation sites (N-methyl/N-ethyl adjacent to an activating group) is 1. The van der Waals surface area contributed by atoms with Crippen molar-refractivity contribution in [2.75, 3.05) is 13.6 Å². The molecular formula is C13H21N3O. The van der Waals surface area contributed by atoms with Crippen LogP contribution in [0.3, 0.4) is 0 Å². The van der Waals surface area contributed by atoms with E-state index in [0.29, 0.717) is 13.0 Å². The largest absolute Gasteiger partial charge is 0.342 e. The number of carbonyl (C=O) groups is 1. The SMILES string of the molecule is CC(CN)N(C)C(=O)CC(N)c1ccccc1. The van der Waals surface area contributed by atoms with Crippen LogP contribution in [-0.4, -0.2) is 30.4 Å². The van der Waals surface area contributed by atoms with Crippen molar-refractivity contribution in [2.24, 2.45) is 11.5 Å². The summed E-state index contributed by atoms with van der Waals surface area (Å²) in [6.07, 6.45) is 0.310. The van der Waals surface area contributed by atoms with Gasteiger partial charge in [0.15, 0.2) is 0 Å². The Kier molecular flexibility index (Phi) is 5.12. The summed E-state index contributed by atoms with van der Waals surface area (Å²) < 4.78 is 0. The van der Waals surface area contributed by atoms with E-state index in [9.17, 15) is 4.79 Å². The molecule has 2 unspecified atom stereocenters. The zero-order chi connectivity index (χ0) is 12.8. The molecule has 4 N–H and O–H groups in total. The van der Waals surface area contributed by atoms with Crippen LogP contribution >= 0.6 is 0 Å². The summed E-state index contributed by atoms with van der Waals surface area (Å²) in [6, 6.07) is 9.44. The van der Waals surface area contributed by atoms with Crippen molar-refractivity contribution in [3.05, 3.63) is 35.9 Å². The minimum atomic E-state index is -0.254. The van der Waals surface area contributed by atoms with E-state index in [1.54, 1.807) is 11.9 Å². The molecule has 1 rings (SSSR count). The quantitative estimate of drug-likeness (QED) is 0.796. The summed E-state index contributed by atoms with van der Waals surface area (Å²) in [4.78, 5) is 13.6. The molecule has 0 saturated heterocycles. The Bertz CT molecular complexity index is 353. The van der Waals surface area contributed by atoms with E-state index < -0.39 is 0 Å². The first-order chi connectivity index (χ1) is 8.06. The number of nitrogens with two attached hydrogens (primary N) is 2. The molecule has 0 aromatic heterocycles. The number of carbonyl (C=O) groups excluding carboxylic acids is 1. The Morgan fingerprint density at radius 3 is 2.47 bits per heavy atom. The standard InChI is InChI=1S/C13H21N3O/c1-10(9-14)16(2)13(17)8-12(15)11-6-4-3-5-7-11/h3-7,10,12H,8-9,14-15H2,1-2H3. The first kappa shape index (κ1) is 13.7. The van der Waals surface area contributed by atoms with Crippen LogP contribution in [0.4, 0.5) is 0 Å². The zero-order valence-corrected chi connectivity index (χ0v) is 10.5. The molecular weight excluding hydrogens is 214 g/mol. The fraction of sp³-hybridized carbons (Fsp3) is 0.462. The monoisotopic (exact) mass is 235 g/mol. The molecule has 4 heteroatoms. The summed E-state index contributed by atoms with van der Waals surface area (Å²) in [7, 11) is 1.76. The Hall–Kier alpha value is -1.39. The molecule has 0 fully saturated rings. The van der Waals surface area contributed by atoms with Crippen molar-refractivity contribution in [1.29, 1.82) is 0 Å². The van der Waals surface area contributed by atoms with Crippen molar-refractivity contribution in [3.8, 4) is 0 Å². The minimum absolute atomic E-state index is 0.0271. The van der Waals surface area contributed by atoms with Crippen molar-refractivity contribution in [1.82, 2.24) is 4.90 Å². The third kappa shape index (κ3) is 3.84.